The summed E-state index contributed by atoms with van der Waals surface area (Å²) >= 11 is 1.59. The quantitative estimate of drug-likeness (QED) is 0.829. The van der Waals surface area contributed by atoms with Crippen LogP contribution in [0.5, 0.6) is 0 Å². The van der Waals surface area contributed by atoms with Crippen molar-refractivity contribution in [2.45, 2.75) is 19.9 Å². The molecule has 19 heavy (non-hydrogen) atoms. The summed E-state index contributed by atoms with van der Waals surface area (Å²) in [4.78, 5) is 15.0. The summed E-state index contributed by atoms with van der Waals surface area (Å²) in [5, 5.41) is 1.97. The fourth-order valence-electron chi connectivity index (χ4n) is 1.89. The maximum atomic E-state index is 13.7. The van der Waals surface area contributed by atoms with E-state index in [0.717, 1.165) is 10.4 Å². The minimum absolute atomic E-state index is 0.0626. The van der Waals surface area contributed by atoms with Gasteiger partial charge in [-0.1, -0.05) is 17.7 Å². The van der Waals surface area contributed by atoms with Gasteiger partial charge in [-0.2, -0.15) is 0 Å². The number of aryl methyl sites for hydroxylation is 1. The number of thiophene rings is 1. The highest BCUT2D eigenvalue weighted by Crippen LogP contribution is 2.25. The summed E-state index contributed by atoms with van der Waals surface area (Å²) < 4.78 is 13.7. The van der Waals surface area contributed by atoms with Crippen molar-refractivity contribution in [2.75, 3.05) is 7.05 Å². The highest BCUT2D eigenvalue weighted by Gasteiger charge is 2.22. The number of hydrogen-bond donors (Lipinski definition) is 0. The molecule has 2 aromatic rings. The molecule has 0 aliphatic rings. The predicted molar refractivity (Wildman–Crippen MR) is 76.0 cm³/mol. The van der Waals surface area contributed by atoms with Gasteiger partial charge in [-0.15, -0.1) is 11.3 Å². The van der Waals surface area contributed by atoms with Crippen molar-refractivity contribution in [2.24, 2.45) is 0 Å². The zero-order valence-corrected chi connectivity index (χ0v) is 12.0. The van der Waals surface area contributed by atoms with Crippen molar-refractivity contribution in [1.82, 2.24) is 4.90 Å². The predicted octanol–water partition coefficient (Wildman–Crippen LogP) is 4.03. The van der Waals surface area contributed by atoms with Crippen LogP contribution >= 0.6 is 11.3 Å². The van der Waals surface area contributed by atoms with E-state index in [0.29, 0.717) is 0 Å². The van der Waals surface area contributed by atoms with Crippen LogP contribution < -0.4 is 0 Å². The average Bonchev–Trinajstić information content (AvgIpc) is 2.93. The number of nitrogens with zero attached hydrogens (tertiary/aromatic N) is 1. The number of hydrogen-bond acceptors (Lipinski definition) is 2. The van der Waals surface area contributed by atoms with Gasteiger partial charge in [0.15, 0.2) is 0 Å². The van der Waals surface area contributed by atoms with E-state index in [4.69, 9.17) is 0 Å². The van der Waals surface area contributed by atoms with Crippen molar-refractivity contribution in [3.8, 4) is 0 Å². The maximum absolute atomic E-state index is 13.7. The van der Waals surface area contributed by atoms with Crippen LogP contribution in [-0.2, 0) is 0 Å². The second-order valence-corrected chi connectivity index (χ2v) is 5.57. The average molecular weight is 277 g/mol. The zero-order valence-electron chi connectivity index (χ0n) is 11.2. The normalized spacial score (nSPS) is 12.2. The topological polar surface area (TPSA) is 20.3 Å². The van der Waals surface area contributed by atoms with Crippen LogP contribution in [0, 0.1) is 12.7 Å². The lowest BCUT2D eigenvalue weighted by atomic mass is 10.1. The Labute approximate surface area is 116 Å². The Morgan fingerprint density at radius 2 is 2.11 bits per heavy atom. The van der Waals surface area contributed by atoms with E-state index in [1.54, 1.807) is 35.4 Å². The molecule has 0 fully saturated rings. The first kappa shape index (κ1) is 13.7. The van der Waals surface area contributed by atoms with Crippen molar-refractivity contribution < 1.29 is 9.18 Å². The lowest BCUT2D eigenvalue weighted by Gasteiger charge is -2.24. The molecule has 2 nitrogen and oxygen atoms in total. The van der Waals surface area contributed by atoms with Gasteiger partial charge >= 0.3 is 0 Å². The molecule has 1 amide bonds. The van der Waals surface area contributed by atoms with Crippen LogP contribution in [0.2, 0.25) is 0 Å². The third-order valence-corrected chi connectivity index (χ3v) is 4.25. The van der Waals surface area contributed by atoms with E-state index in [2.05, 4.69) is 0 Å². The van der Waals surface area contributed by atoms with Gasteiger partial charge in [-0.3, -0.25) is 4.79 Å². The van der Waals surface area contributed by atoms with Crippen LogP contribution in [0.3, 0.4) is 0 Å². The van der Waals surface area contributed by atoms with E-state index in [-0.39, 0.29) is 17.5 Å². The van der Waals surface area contributed by atoms with Crippen molar-refractivity contribution in [3.63, 3.8) is 0 Å². The van der Waals surface area contributed by atoms with Crippen molar-refractivity contribution in [3.05, 3.63) is 57.5 Å². The standard InChI is InChI=1S/C15H16FNOS/c1-10-6-7-13(16)12(9-10)15(18)17(3)11(2)14-5-4-8-19-14/h4-9,11H,1-3H3. The lowest BCUT2D eigenvalue weighted by molar-refractivity contribution is 0.0740. The third kappa shape index (κ3) is 2.84. The molecule has 1 aromatic carbocycles. The van der Waals surface area contributed by atoms with E-state index in [9.17, 15) is 9.18 Å². The molecule has 100 valence electrons. The van der Waals surface area contributed by atoms with Gasteiger partial charge in [-0.25, -0.2) is 4.39 Å². The zero-order chi connectivity index (χ0) is 14.0. The van der Waals surface area contributed by atoms with Gasteiger partial charge in [0.05, 0.1) is 11.6 Å². The summed E-state index contributed by atoms with van der Waals surface area (Å²) in [7, 11) is 1.70. The Balaban J connectivity index is 2.26. The molecule has 4 heteroatoms. The van der Waals surface area contributed by atoms with Gasteiger partial charge < -0.3 is 4.90 Å². The first-order chi connectivity index (χ1) is 9.00. The Morgan fingerprint density at radius 3 is 2.74 bits per heavy atom. The first-order valence-electron chi connectivity index (χ1n) is 6.07. The van der Waals surface area contributed by atoms with Gasteiger partial charge in [0.2, 0.25) is 0 Å². The van der Waals surface area contributed by atoms with Gasteiger partial charge in [0, 0.05) is 11.9 Å². The molecule has 1 unspecified atom stereocenters. The molecule has 0 aliphatic heterocycles. The molecule has 1 aromatic heterocycles. The minimum Gasteiger partial charge on any atom is -0.334 e. The van der Waals surface area contributed by atoms with Crippen LogP contribution in [0.1, 0.15) is 33.8 Å². The number of carbonyl (C=O) groups excluding carboxylic acids is 1. The Kier molecular flexibility index (Phi) is 4.00. The molecular formula is C15H16FNOS. The highest BCUT2D eigenvalue weighted by atomic mass is 32.1. The molecule has 0 saturated carbocycles. The number of halogens is 1. The van der Waals surface area contributed by atoms with Crippen molar-refractivity contribution >= 4 is 17.2 Å². The van der Waals surface area contributed by atoms with Crippen LogP contribution in [-0.4, -0.2) is 17.9 Å². The number of benzene rings is 1. The number of carbonyl (C=O) groups is 1. The summed E-state index contributed by atoms with van der Waals surface area (Å²) in [6.45, 7) is 3.79. The molecule has 2 rings (SSSR count). The fourth-order valence-corrected chi connectivity index (χ4v) is 2.72. The SMILES string of the molecule is Cc1ccc(F)c(C(=O)N(C)C(C)c2cccs2)c1. The second-order valence-electron chi connectivity index (χ2n) is 4.59. The lowest BCUT2D eigenvalue weighted by Crippen LogP contribution is -2.30. The van der Waals surface area contributed by atoms with Crippen LogP contribution in [0.4, 0.5) is 4.39 Å². The minimum atomic E-state index is -0.471. The van der Waals surface area contributed by atoms with E-state index in [1.807, 2.05) is 31.4 Å². The van der Waals surface area contributed by atoms with Crippen molar-refractivity contribution in [1.29, 1.82) is 0 Å². The van der Waals surface area contributed by atoms with Gasteiger partial charge in [0.25, 0.3) is 5.91 Å². The summed E-state index contributed by atoms with van der Waals surface area (Å²) in [5.74, 6) is -0.761. The molecule has 0 N–H and O–H groups in total. The molecule has 0 bridgehead atoms. The second kappa shape index (κ2) is 5.53. The molecule has 1 heterocycles. The first-order valence-corrected chi connectivity index (χ1v) is 6.95. The molecule has 0 radical (unpaired) electrons. The van der Waals surface area contributed by atoms with E-state index >= 15 is 0 Å². The largest absolute Gasteiger partial charge is 0.334 e. The maximum Gasteiger partial charge on any atom is 0.257 e. The van der Waals surface area contributed by atoms with Gasteiger partial charge in [0.1, 0.15) is 5.82 Å². The Morgan fingerprint density at radius 1 is 1.37 bits per heavy atom. The third-order valence-electron chi connectivity index (χ3n) is 3.21. The van der Waals surface area contributed by atoms with E-state index < -0.39 is 5.82 Å². The highest BCUT2D eigenvalue weighted by molar-refractivity contribution is 7.10. The fraction of sp³-hybridized carbons (Fsp3) is 0.267. The summed E-state index contributed by atoms with van der Waals surface area (Å²) in [6.07, 6.45) is 0. The number of rotatable bonds is 3. The Bertz CT molecular complexity index is 580. The molecule has 0 saturated heterocycles. The molecular weight excluding hydrogens is 261 g/mol. The number of amides is 1. The molecule has 1 atom stereocenters. The monoisotopic (exact) mass is 277 g/mol. The summed E-state index contributed by atoms with van der Waals surface area (Å²) in [5.41, 5.74) is 1.01. The van der Waals surface area contributed by atoms with Crippen LogP contribution in [0.25, 0.3) is 0 Å². The smallest absolute Gasteiger partial charge is 0.257 e. The van der Waals surface area contributed by atoms with Crippen LogP contribution in [0.15, 0.2) is 35.7 Å². The van der Waals surface area contributed by atoms with E-state index in [1.165, 1.54) is 6.07 Å². The molecule has 0 aliphatic carbocycles. The van der Waals surface area contributed by atoms with Gasteiger partial charge in [-0.05, 0) is 37.4 Å². The molecule has 0 spiro atoms. The Hall–Kier alpha value is -1.68. The summed E-state index contributed by atoms with van der Waals surface area (Å²) in [6, 6.07) is 8.46.